The van der Waals surface area contributed by atoms with Crippen molar-refractivity contribution in [2.75, 3.05) is 21.3 Å². The molecule has 10 heteroatoms. The fourth-order valence-corrected chi connectivity index (χ4v) is 5.40. The van der Waals surface area contributed by atoms with Crippen molar-refractivity contribution in [1.29, 1.82) is 0 Å². The van der Waals surface area contributed by atoms with Crippen LogP contribution in [0.4, 0.5) is 0 Å². The van der Waals surface area contributed by atoms with Gasteiger partial charge in [0.05, 0.1) is 36.7 Å². The molecule has 2 aliphatic rings. The number of amides is 2. The molecule has 3 aromatic rings. The highest BCUT2D eigenvalue weighted by molar-refractivity contribution is 6.30. The van der Waals surface area contributed by atoms with Crippen LogP contribution in [-0.2, 0) is 4.79 Å². The van der Waals surface area contributed by atoms with E-state index in [0.29, 0.717) is 34.1 Å². The smallest absolute Gasteiger partial charge is 0.319 e. The predicted molar refractivity (Wildman–Crippen MR) is 148 cm³/mol. The van der Waals surface area contributed by atoms with Crippen LogP contribution in [0.2, 0.25) is 5.02 Å². The van der Waals surface area contributed by atoms with Crippen molar-refractivity contribution in [3.05, 3.63) is 81.9 Å². The first kappa shape index (κ1) is 26.5. The first-order chi connectivity index (χ1) is 18.7. The zero-order chi connectivity index (χ0) is 28.0. The van der Waals surface area contributed by atoms with Crippen molar-refractivity contribution in [2.24, 2.45) is 0 Å². The van der Waals surface area contributed by atoms with Gasteiger partial charge < -0.3 is 18.9 Å². The van der Waals surface area contributed by atoms with Gasteiger partial charge in [-0.05, 0) is 51.0 Å². The Hall–Kier alpha value is -4.11. The lowest BCUT2D eigenvalue weighted by atomic mass is 10.0. The average Bonchev–Trinajstić information content (AvgIpc) is 3.40. The molecule has 2 aromatic heterocycles. The molecular formula is C29H30ClN5O4. The molecule has 0 saturated carbocycles. The topological polar surface area (TPSA) is 89.8 Å². The number of ether oxygens (including phenoxy) is 2. The lowest BCUT2D eigenvalue weighted by Gasteiger charge is -2.31. The summed E-state index contributed by atoms with van der Waals surface area (Å²) in [6.07, 6.45) is 5.83. The number of rotatable bonds is 6. The maximum absolute atomic E-state index is 14.2. The number of allylic oxidation sites excluding steroid dienone is 2. The van der Waals surface area contributed by atoms with E-state index in [2.05, 4.69) is 14.5 Å². The minimum atomic E-state index is -0.562. The van der Waals surface area contributed by atoms with Crippen LogP contribution in [-0.4, -0.2) is 57.4 Å². The number of hydrogen-bond acceptors (Lipinski definition) is 6. The Kier molecular flexibility index (Phi) is 6.94. The molecule has 39 heavy (non-hydrogen) atoms. The number of likely N-dealkylation sites (N-methyl/N-ethyl adjacent to an activating group) is 1. The van der Waals surface area contributed by atoms with E-state index in [1.165, 1.54) is 19.1 Å². The minimum Gasteiger partial charge on any atom is -0.480 e. The standard InChI is InChI=1S/C29H30ClN5O4/c1-16(2)34-23(21-14-31-29(39-6)32-26(21)38-5)13-20-25(34)24(18-8-10-19(30)11-9-18)35(27(20)36)22-12-7-17(3)15-33(4)28(22)37/h8-16,24H,7H2,1-6H3. The summed E-state index contributed by atoms with van der Waals surface area (Å²) in [6, 6.07) is 8.78. The van der Waals surface area contributed by atoms with Gasteiger partial charge in [-0.3, -0.25) is 14.5 Å². The molecule has 0 fully saturated rings. The fourth-order valence-electron chi connectivity index (χ4n) is 5.27. The van der Waals surface area contributed by atoms with Crippen LogP contribution in [0.5, 0.6) is 11.9 Å². The molecule has 0 aliphatic carbocycles. The van der Waals surface area contributed by atoms with Crippen LogP contribution in [0, 0.1) is 0 Å². The molecule has 1 unspecified atom stereocenters. The number of hydrogen-bond donors (Lipinski definition) is 0. The van der Waals surface area contributed by atoms with Gasteiger partial charge in [0, 0.05) is 30.5 Å². The largest absolute Gasteiger partial charge is 0.480 e. The number of fused-ring (bicyclic) bond motifs is 1. The normalized spacial score (nSPS) is 17.3. The molecule has 202 valence electrons. The molecule has 0 radical (unpaired) electrons. The fraction of sp³-hybridized carbons (Fsp3) is 0.310. The van der Waals surface area contributed by atoms with Gasteiger partial charge in [-0.1, -0.05) is 35.4 Å². The third kappa shape index (κ3) is 4.46. The van der Waals surface area contributed by atoms with Gasteiger partial charge >= 0.3 is 6.01 Å². The van der Waals surface area contributed by atoms with Crippen molar-refractivity contribution >= 4 is 23.4 Å². The van der Waals surface area contributed by atoms with Crippen LogP contribution in [0.1, 0.15) is 60.9 Å². The Labute approximate surface area is 232 Å². The lowest BCUT2D eigenvalue weighted by molar-refractivity contribution is -0.125. The van der Waals surface area contributed by atoms with Crippen LogP contribution < -0.4 is 9.47 Å². The lowest BCUT2D eigenvalue weighted by Crippen LogP contribution is -2.37. The zero-order valence-corrected chi connectivity index (χ0v) is 23.5. The molecule has 4 heterocycles. The van der Waals surface area contributed by atoms with Crippen molar-refractivity contribution in [3.8, 4) is 23.1 Å². The van der Waals surface area contributed by atoms with Gasteiger partial charge in [-0.15, -0.1) is 0 Å². The van der Waals surface area contributed by atoms with Gasteiger partial charge in [-0.25, -0.2) is 4.98 Å². The molecule has 2 amide bonds. The summed E-state index contributed by atoms with van der Waals surface area (Å²) >= 11 is 6.23. The van der Waals surface area contributed by atoms with E-state index >= 15 is 0 Å². The number of carbonyl (C=O) groups is 2. The Balaban J connectivity index is 1.75. The Morgan fingerprint density at radius 1 is 1.05 bits per heavy atom. The summed E-state index contributed by atoms with van der Waals surface area (Å²) in [5.41, 5.74) is 4.83. The van der Waals surface area contributed by atoms with Crippen LogP contribution in [0.3, 0.4) is 0 Å². The van der Waals surface area contributed by atoms with E-state index < -0.39 is 6.04 Å². The summed E-state index contributed by atoms with van der Waals surface area (Å²) in [4.78, 5) is 39.6. The minimum absolute atomic E-state index is 0.0523. The van der Waals surface area contributed by atoms with Gasteiger partial charge in [0.25, 0.3) is 11.8 Å². The number of halogens is 1. The van der Waals surface area contributed by atoms with E-state index in [9.17, 15) is 9.59 Å². The third-order valence-corrected chi connectivity index (χ3v) is 7.21. The van der Waals surface area contributed by atoms with E-state index in [0.717, 1.165) is 22.5 Å². The molecule has 0 saturated heterocycles. The quantitative estimate of drug-likeness (QED) is 0.411. The van der Waals surface area contributed by atoms with E-state index in [4.69, 9.17) is 21.1 Å². The summed E-state index contributed by atoms with van der Waals surface area (Å²) in [7, 11) is 4.72. The second kappa shape index (κ2) is 10.2. The maximum atomic E-state index is 14.2. The maximum Gasteiger partial charge on any atom is 0.319 e. The monoisotopic (exact) mass is 547 g/mol. The first-order valence-corrected chi connectivity index (χ1v) is 13.0. The highest BCUT2D eigenvalue weighted by Crippen LogP contribution is 2.47. The SMILES string of the molecule is COc1ncc(-c2cc3c(n2C(C)C)C(c2ccc(Cl)cc2)N(C2=CCC(C)=CN(C)C2=O)C3=O)c(OC)n1. The van der Waals surface area contributed by atoms with Gasteiger partial charge in [-0.2, -0.15) is 4.98 Å². The number of benzene rings is 1. The molecular weight excluding hydrogens is 518 g/mol. The number of carbonyl (C=O) groups excluding carboxylic acids is 2. The third-order valence-electron chi connectivity index (χ3n) is 6.96. The Morgan fingerprint density at radius 3 is 2.41 bits per heavy atom. The molecule has 1 aromatic carbocycles. The van der Waals surface area contributed by atoms with E-state index in [1.807, 2.05) is 45.0 Å². The van der Waals surface area contributed by atoms with Gasteiger partial charge in [0.15, 0.2) is 0 Å². The van der Waals surface area contributed by atoms with Crippen molar-refractivity contribution in [3.63, 3.8) is 0 Å². The number of methoxy groups -OCH3 is 2. The molecule has 9 nitrogen and oxygen atoms in total. The van der Waals surface area contributed by atoms with Gasteiger partial charge in [0.1, 0.15) is 11.7 Å². The van der Waals surface area contributed by atoms with Crippen LogP contribution in [0.15, 0.2) is 60.1 Å². The molecule has 2 aliphatic heterocycles. The zero-order valence-electron chi connectivity index (χ0n) is 22.7. The van der Waals surface area contributed by atoms with Crippen molar-refractivity contribution < 1.29 is 19.1 Å². The van der Waals surface area contributed by atoms with E-state index in [-0.39, 0.29) is 23.9 Å². The molecule has 5 rings (SSSR count). The predicted octanol–water partition coefficient (Wildman–Crippen LogP) is 5.39. The van der Waals surface area contributed by atoms with Crippen molar-refractivity contribution in [2.45, 2.75) is 39.3 Å². The van der Waals surface area contributed by atoms with Crippen LogP contribution >= 0.6 is 11.6 Å². The average molecular weight is 548 g/mol. The number of nitrogens with zero attached hydrogens (tertiary/aromatic N) is 5. The summed E-state index contributed by atoms with van der Waals surface area (Å²) in [5, 5.41) is 0.583. The number of aromatic nitrogens is 3. The van der Waals surface area contributed by atoms with Gasteiger partial charge in [0.2, 0.25) is 5.88 Å². The Bertz CT molecular complexity index is 1520. The van der Waals surface area contributed by atoms with Crippen LogP contribution in [0.25, 0.3) is 11.3 Å². The first-order valence-electron chi connectivity index (χ1n) is 12.6. The van der Waals surface area contributed by atoms with E-state index in [1.54, 1.807) is 36.5 Å². The highest BCUT2D eigenvalue weighted by atomic mass is 35.5. The molecule has 0 spiro atoms. The summed E-state index contributed by atoms with van der Waals surface area (Å²) < 4.78 is 12.8. The van der Waals surface area contributed by atoms with Crippen molar-refractivity contribution in [1.82, 2.24) is 24.3 Å². The second-order valence-corrected chi connectivity index (χ2v) is 10.3. The highest BCUT2D eigenvalue weighted by Gasteiger charge is 2.46. The molecule has 1 atom stereocenters. The summed E-state index contributed by atoms with van der Waals surface area (Å²) in [5.74, 6) is -0.172. The molecule has 0 N–H and O–H groups in total. The Morgan fingerprint density at radius 2 is 1.77 bits per heavy atom. The second-order valence-electron chi connectivity index (χ2n) is 9.89. The summed E-state index contributed by atoms with van der Waals surface area (Å²) in [6.45, 7) is 6.05. The molecule has 0 bridgehead atoms.